The summed E-state index contributed by atoms with van der Waals surface area (Å²) in [5.41, 5.74) is 3.83. The maximum Gasteiger partial charge on any atom is 0.262 e. The van der Waals surface area contributed by atoms with E-state index >= 15 is 0 Å². The highest BCUT2D eigenvalue weighted by molar-refractivity contribution is 6.35. The van der Waals surface area contributed by atoms with Gasteiger partial charge in [-0.15, -0.1) is 0 Å². The SMILES string of the molecule is Cc1cc(Cl)cc(Cl)c1OCC(=O)Nc1ccc(Cc2nc3cc(Cl)ccc3o2)cc1. The molecule has 0 unspecified atom stereocenters. The van der Waals surface area contributed by atoms with Crippen LogP contribution in [0.1, 0.15) is 17.0 Å². The Morgan fingerprint density at radius 1 is 1.03 bits per heavy atom. The number of aryl methyl sites for hydroxylation is 1. The van der Waals surface area contributed by atoms with Gasteiger partial charge in [-0.3, -0.25) is 4.79 Å². The minimum Gasteiger partial charge on any atom is -0.482 e. The molecule has 0 saturated carbocycles. The smallest absolute Gasteiger partial charge is 0.262 e. The maximum atomic E-state index is 12.2. The van der Waals surface area contributed by atoms with Crippen molar-refractivity contribution in [3.8, 4) is 5.75 Å². The van der Waals surface area contributed by atoms with Gasteiger partial charge in [0.25, 0.3) is 5.91 Å². The first-order valence-corrected chi connectivity index (χ1v) is 10.5. The van der Waals surface area contributed by atoms with Crippen LogP contribution in [0, 0.1) is 6.92 Å². The summed E-state index contributed by atoms with van der Waals surface area (Å²) in [5, 5.41) is 4.29. The van der Waals surface area contributed by atoms with Crippen molar-refractivity contribution >= 4 is 57.5 Å². The maximum absolute atomic E-state index is 12.2. The lowest BCUT2D eigenvalue weighted by Crippen LogP contribution is -2.20. The highest BCUT2D eigenvalue weighted by atomic mass is 35.5. The number of fused-ring (bicyclic) bond motifs is 1. The summed E-state index contributed by atoms with van der Waals surface area (Å²) in [7, 11) is 0. The van der Waals surface area contributed by atoms with E-state index in [1.807, 2.05) is 31.2 Å². The average molecular weight is 476 g/mol. The van der Waals surface area contributed by atoms with Gasteiger partial charge in [0.05, 0.1) is 5.02 Å². The first-order chi connectivity index (χ1) is 14.9. The standard InChI is InChI=1S/C23H17Cl3N2O3/c1-13-8-16(25)10-18(26)23(13)30-12-21(29)27-17-5-2-14(3-6-17)9-22-28-19-11-15(24)4-7-20(19)31-22/h2-8,10-11H,9,12H2,1H3,(H,27,29). The summed E-state index contributed by atoms with van der Waals surface area (Å²) in [6.45, 7) is 1.64. The van der Waals surface area contributed by atoms with Gasteiger partial charge in [0, 0.05) is 22.2 Å². The number of ether oxygens (including phenoxy) is 1. The Hall–Kier alpha value is -2.73. The van der Waals surface area contributed by atoms with Gasteiger partial charge in [-0.2, -0.15) is 0 Å². The molecule has 0 aliphatic carbocycles. The number of anilines is 1. The molecular weight excluding hydrogens is 459 g/mol. The second kappa shape index (κ2) is 9.18. The number of rotatable bonds is 6. The van der Waals surface area contributed by atoms with Crippen LogP contribution in [-0.2, 0) is 11.2 Å². The summed E-state index contributed by atoms with van der Waals surface area (Å²) in [4.78, 5) is 16.7. The lowest BCUT2D eigenvalue weighted by atomic mass is 10.1. The number of aromatic nitrogens is 1. The van der Waals surface area contributed by atoms with Crippen LogP contribution in [0.25, 0.3) is 11.1 Å². The van der Waals surface area contributed by atoms with E-state index in [9.17, 15) is 4.79 Å². The summed E-state index contributed by atoms with van der Waals surface area (Å²) < 4.78 is 11.3. The highest BCUT2D eigenvalue weighted by Crippen LogP contribution is 2.31. The van der Waals surface area contributed by atoms with Crippen molar-refractivity contribution in [1.82, 2.24) is 4.98 Å². The van der Waals surface area contributed by atoms with Crippen LogP contribution in [0.3, 0.4) is 0 Å². The molecule has 158 valence electrons. The van der Waals surface area contributed by atoms with Gasteiger partial charge < -0.3 is 14.5 Å². The zero-order valence-corrected chi connectivity index (χ0v) is 18.7. The Morgan fingerprint density at radius 2 is 1.81 bits per heavy atom. The minimum atomic E-state index is -0.297. The second-order valence-corrected chi connectivity index (χ2v) is 8.24. The molecule has 4 rings (SSSR count). The van der Waals surface area contributed by atoms with E-state index in [1.54, 1.807) is 30.3 Å². The number of halogens is 3. The van der Waals surface area contributed by atoms with E-state index in [0.29, 0.717) is 44.4 Å². The minimum absolute atomic E-state index is 0.171. The first kappa shape index (κ1) is 21.5. The quantitative estimate of drug-likeness (QED) is 0.337. The Balaban J connectivity index is 1.35. The molecule has 0 bridgehead atoms. The molecule has 0 aliphatic heterocycles. The van der Waals surface area contributed by atoms with Crippen LogP contribution in [0.4, 0.5) is 5.69 Å². The fourth-order valence-electron chi connectivity index (χ4n) is 3.11. The summed E-state index contributed by atoms with van der Waals surface area (Å²) >= 11 is 18.1. The molecule has 0 fully saturated rings. The van der Waals surface area contributed by atoms with Crippen molar-refractivity contribution in [3.05, 3.63) is 86.7 Å². The van der Waals surface area contributed by atoms with Gasteiger partial charge in [0.15, 0.2) is 18.1 Å². The van der Waals surface area contributed by atoms with Crippen LogP contribution in [0.15, 0.2) is 59.0 Å². The summed E-state index contributed by atoms with van der Waals surface area (Å²) in [5.74, 6) is 0.739. The average Bonchev–Trinajstić information content (AvgIpc) is 3.10. The van der Waals surface area contributed by atoms with Crippen molar-refractivity contribution in [2.75, 3.05) is 11.9 Å². The molecule has 0 atom stereocenters. The molecule has 1 heterocycles. The predicted molar refractivity (Wildman–Crippen MR) is 124 cm³/mol. The fraction of sp³-hybridized carbons (Fsp3) is 0.130. The van der Waals surface area contributed by atoms with Crippen molar-refractivity contribution in [1.29, 1.82) is 0 Å². The van der Waals surface area contributed by atoms with Gasteiger partial charge in [-0.25, -0.2) is 4.98 Å². The molecule has 0 radical (unpaired) electrons. The number of benzene rings is 3. The Bertz CT molecular complexity index is 1230. The zero-order valence-electron chi connectivity index (χ0n) is 16.4. The third kappa shape index (κ3) is 5.31. The van der Waals surface area contributed by atoms with Gasteiger partial charge in [-0.1, -0.05) is 46.9 Å². The predicted octanol–water partition coefficient (Wildman–Crippen LogP) is 6.70. The summed E-state index contributed by atoms with van der Waals surface area (Å²) in [6, 6.07) is 16.1. The van der Waals surface area contributed by atoms with Gasteiger partial charge in [-0.05, 0) is 60.5 Å². The number of carbonyl (C=O) groups is 1. The van der Waals surface area contributed by atoms with Gasteiger partial charge in [0.1, 0.15) is 11.3 Å². The Kier molecular flexibility index (Phi) is 6.37. The van der Waals surface area contributed by atoms with Crippen molar-refractivity contribution in [2.45, 2.75) is 13.3 Å². The topological polar surface area (TPSA) is 64.4 Å². The number of nitrogens with one attached hydrogen (secondary N) is 1. The van der Waals surface area contributed by atoms with E-state index in [4.69, 9.17) is 44.0 Å². The van der Waals surface area contributed by atoms with E-state index in [-0.39, 0.29) is 12.5 Å². The largest absolute Gasteiger partial charge is 0.482 e. The third-order valence-corrected chi connectivity index (χ3v) is 5.26. The van der Waals surface area contributed by atoms with E-state index in [1.165, 1.54) is 0 Å². The van der Waals surface area contributed by atoms with Crippen LogP contribution in [-0.4, -0.2) is 17.5 Å². The normalized spacial score (nSPS) is 11.0. The molecule has 3 aromatic carbocycles. The highest BCUT2D eigenvalue weighted by Gasteiger charge is 2.11. The molecule has 0 saturated heterocycles. The van der Waals surface area contributed by atoms with Gasteiger partial charge >= 0.3 is 0 Å². The fourth-order valence-corrected chi connectivity index (χ4v) is 3.93. The molecule has 1 aromatic heterocycles. The first-order valence-electron chi connectivity index (χ1n) is 9.39. The second-order valence-electron chi connectivity index (χ2n) is 6.96. The number of oxazole rings is 1. The number of hydrogen-bond acceptors (Lipinski definition) is 4. The number of hydrogen-bond donors (Lipinski definition) is 1. The van der Waals surface area contributed by atoms with Crippen molar-refractivity contribution < 1.29 is 13.9 Å². The van der Waals surface area contributed by atoms with Crippen molar-refractivity contribution in [3.63, 3.8) is 0 Å². The molecule has 8 heteroatoms. The van der Waals surface area contributed by atoms with E-state index < -0.39 is 0 Å². The molecule has 1 amide bonds. The van der Waals surface area contributed by atoms with Crippen LogP contribution >= 0.6 is 34.8 Å². The number of carbonyl (C=O) groups excluding carboxylic acids is 1. The van der Waals surface area contributed by atoms with Crippen LogP contribution in [0.2, 0.25) is 15.1 Å². The van der Waals surface area contributed by atoms with E-state index in [2.05, 4.69) is 10.3 Å². The summed E-state index contributed by atoms with van der Waals surface area (Å²) in [6.07, 6.45) is 0.526. The lowest BCUT2D eigenvalue weighted by Gasteiger charge is -2.12. The Labute approximate surface area is 193 Å². The monoisotopic (exact) mass is 474 g/mol. The van der Waals surface area contributed by atoms with E-state index in [0.717, 1.165) is 16.6 Å². The van der Waals surface area contributed by atoms with Crippen molar-refractivity contribution in [2.24, 2.45) is 0 Å². The molecule has 4 aromatic rings. The van der Waals surface area contributed by atoms with Crippen LogP contribution < -0.4 is 10.1 Å². The third-order valence-electron chi connectivity index (χ3n) is 4.53. The molecule has 31 heavy (non-hydrogen) atoms. The molecular formula is C23H17Cl3N2O3. The molecule has 5 nitrogen and oxygen atoms in total. The molecule has 1 N–H and O–H groups in total. The lowest BCUT2D eigenvalue weighted by molar-refractivity contribution is -0.118. The zero-order chi connectivity index (χ0) is 22.0. The molecule has 0 aliphatic rings. The Morgan fingerprint density at radius 3 is 2.55 bits per heavy atom. The van der Waals surface area contributed by atoms with Gasteiger partial charge in [0.2, 0.25) is 0 Å². The number of nitrogens with zero attached hydrogens (tertiary/aromatic N) is 1. The molecule has 0 spiro atoms. The van der Waals surface area contributed by atoms with Crippen LogP contribution in [0.5, 0.6) is 5.75 Å². The number of amides is 1.